The number of nitrogens with zero attached hydrogens (tertiary/aromatic N) is 1. The van der Waals surface area contributed by atoms with E-state index in [4.69, 9.17) is 16.3 Å². The monoisotopic (exact) mass is 420 g/mol. The fourth-order valence-corrected chi connectivity index (χ4v) is 4.12. The van der Waals surface area contributed by atoms with Gasteiger partial charge in [0, 0.05) is 17.3 Å². The Morgan fingerprint density at radius 1 is 1.21 bits per heavy atom. The highest BCUT2D eigenvalue weighted by molar-refractivity contribution is 6.31. The molecule has 1 aromatic carbocycles. The number of imide groups is 1. The van der Waals surface area contributed by atoms with E-state index < -0.39 is 18.0 Å². The Labute approximate surface area is 174 Å². The van der Waals surface area contributed by atoms with Gasteiger partial charge in [0.2, 0.25) is 11.8 Å². The van der Waals surface area contributed by atoms with Crippen molar-refractivity contribution in [3.63, 3.8) is 0 Å². The highest BCUT2D eigenvalue weighted by Crippen LogP contribution is 2.38. The van der Waals surface area contributed by atoms with Crippen molar-refractivity contribution in [2.75, 3.05) is 11.9 Å². The Bertz CT molecular complexity index is 816. The third-order valence-electron chi connectivity index (χ3n) is 5.67. The minimum absolute atomic E-state index is 0.00869. The number of amides is 3. The van der Waals surface area contributed by atoms with E-state index >= 15 is 0 Å². The molecular formula is C21H25ClN2O5. The van der Waals surface area contributed by atoms with Gasteiger partial charge in [-0.25, -0.2) is 0 Å². The summed E-state index contributed by atoms with van der Waals surface area (Å²) in [5.74, 6) is -1.96. The van der Waals surface area contributed by atoms with Crippen LogP contribution in [-0.4, -0.2) is 41.2 Å². The number of anilines is 1. The van der Waals surface area contributed by atoms with E-state index in [0.717, 1.165) is 25.7 Å². The van der Waals surface area contributed by atoms with Gasteiger partial charge in [-0.1, -0.05) is 30.5 Å². The lowest BCUT2D eigenvalue weighted by molar-refractivity contribution is -0.154. The van der Waals surface area contributed by atoms with Crippen molar-refractivity contribution in [3.8, 4) is 0 Å². The second-order valence-corrected chi connectivity index (χ2v) is 8.02. The third-order valence-corrected chi connectivity index (χ3v) is 6.08. The molecule has 3 rings (SSSR count). The summed E-state index contributed by atoms with van der Waals surface area (Å²) in [6.07, 6.45) is 2.22. The number of halogens is 1. The Hall–Kier alpha value is -2.41. The SMILES string of the molecule is Cc1c(Cl)cccc1NC(=O)[C@@H](C)OC(=O)CCN1C(=O)[C@H]2CCCC[C@H]2C1=O. The van der Waals surface area contributed by atoms with Gasteiger partial charge in [0.05, 0.1) is 18.3 Å². The van der Waals surface area contributed by atoms with Crippen molar-refractivity contribution in [3.05, 3.63) is 28.8 Å². The normalized spacial score (nSPS) is 22.2. The summed E-state index contributed by atoms with van der Waals surface area (Å²) in [5, 5.41) is 3.20. The van der Waals surface area contributed by atoms with Gasteiger partial charge in [0.15, 0.2) is 6.10 Å². The molecule has 1 aromatic rings. The Kier molecular flexibility index (Phi) is 6.57. The maximum Gasteiger partial charge on any atom is 0.308 e. The molecule has 8 heteroatoms. The van der Waals surface area contributed by atoms with Crippen LogP contribution in [0.4, 0.5) is 5.69 Å². The third kappa shape index (κ3) is 4.61. The molecule has 7 nitrogen and oxygen atoms in total. The number of likely N-dealkylation sites (tertiary alicyclic amines) is 1. The van der Waals surface area contributed by atoms with Gasteiger partial charge in [0.25, 0.3) is 5.91 Å². The molecule has 1 N–H and O–H groups in total. The Balaban J connectivity index is 1.50. The van der Waals surface area contributed by atoms with Gasteiger partial charge in [-0.05, 0) is 44.4 Å². The number of rotatable bonds is 6. The van der Waals surface area contributed by atoms with E-state index in [1.807, 2.05) is 0 Å². The van der Waals surface area contributed by atoms with Crippen molar-refractivity contribution < 1.29 is 23.9 Å². The molecule has 3 amide bonds. The molecule has 156 valence electrons. The molecule has 3 atom stereocenters. The molecule has 1 heterocycles. The first kappa shape index (κ1) is 21.3. The highest BCUT2D eigenvalue weighted by Gasteiger charge is 2.47. The molecule has 1 saturated carbocycles. The van der Waals surface area contributed by atoms with Crippen molar-refractivity contribution in [1.82, 2.24) is 4.90 Å². The highest BCUT2D eigenvalue weighted by atomic mass is 35.5. The first-order valence-corrected chi connectivity index (χ1v) is 10.3. The number of carbonyl (C=O) groups excluding carboxylic acids is 4. The maximum absolute atomic E-state index is 12.4. The number of carbonyl (C=O) groups is 4. The second kappa shape index (κ2) is 8.95. The summed E-state index contributed by atoms with van der Waals surface area (Å²) >= 11 is 6.04. The van der Waals surface area contributed by atoms with E-state index in [9.17, 15) is 19.2 Å². The number of fused-ring (bicyclic) bond motifs is 1. The van der Waals surface area contributed by atoms with Crippen LogP contribution >= 0.6 is 11.6 Å². The van der Waals surface area contributed by atoms with E-state index in [2.05, 4.69) is 5.32 Å². The first-order valence-electron chi connectivity index (χ1n) is 9.90. The Morgan fingerprint density at radius 3 is 2.45 bits per heavy atom. The van der Waals surface area contributed by atoms with Gasteiger partial charge >= 0.3 is 5.97 Å². The lowest BCUT2D eigenvalue weighted by atomic mass is 9.81. The van der Waals surface area contributed by atoms with Gasteiger partial charge in [0.1, 0.15) is 0 Å². The van der Waals surface area contributed by atoms with E-state index in [0.29, 0.717) is 16.3 Å². The second-order valence-electron chi connectivity index (χ2n) is 7.61. The van der Waals surface area contributed by atoms with E-state index in [-0.39, 0.29) is 36.6 Å². The van der Waals surface area contributed by atoms with Crippen LogP contribution in [0.25, 0.3) is 0 Å². The minimum atomic E-state index is -1.02. The summed E-state index contributed by atoms with van der Waals surface area (Å²) in [6.45, 7) is 3.23. The topological polar surface area (TPSA) is 92.8 Å². The van der Waals surface area contributed by atoms with Crippen molar-refractivity contribution in [2.45, 2.75) is 52.1 Å². The lowest BCUT2D eigenvalue weighted by Crippen LogP contribution is -2.35. The van der Waals surface area contributed by atoms with Gasteiger partial charge < -0.3 is 10.1 Å². The summed E-state index contributed by atoms with van der Waals surface area (Å²) in [6, 6.07) is 5.13. The largest absolute Gasteiger partial charge is 0.452 e. The molecule has 2 fully saturated rings. The Morgan fingerprint density at radius 2 is 1.83 bits per heavy atom. The molecule has 1 saturated heterocycles. The smallest absolute Gasteiger partial charge is 0.308 e. The maximum atomic E-state index is 12.4. The van der Waals surface area contributed by atoms with Crippen LogP contribution < -0.4 is 5.32 Å². The molecule has 1 aliphatic heterocycles. The predicted molar refractivity (Wildman–Crippen MR) is 107 cm³/mol. The summed E-state index contributed by atoms with van der Waals surface area (Å²) in [7, 11) is 0. The van der Waals surface area contributed by atoms with Crippen LogP contribution in [0.15, 0.2) is 18.2 Å². The van der Waals surface area contributed by atoms with Crippen LogP contribution in [0.3, 0.4) is 0 Å². The number of nitrogens with one attached hydrogen (secondary N) is 1. The zero-order valence-corrected chi connectivity index (χ0v) is 17.3. The van der Waals surface area contributed by atoms with Crippen LogP contribution in [-0.2, 0) is 23.9 Å². The zero-order chi connectivity index (χ0) is 21.1. The van der Waals surface area contributed by atoms with Crippen LogP contribution in [0.2, 0.25) is 5.02 Å². The number of hydrogen-bond acceptors (Lipinski definition) is 5. The molecular weight excluding hydrogens is 396 g/mol. The fraction of sp³-hybridized carbons (Fsp3) is 0.524. The van der Waals surface area contributed by atoms with Crippen molar-refractivity contribution >= 4 is 41.0 Å². The average Bonchev–Trinajstić information content (AvgIpc) is 2.94. The fourth-order valence-electron chi connectivity index (χ4n) is 3.94. The predicted octanol–water partition coefficient (Wildman–Crippen LogP) is 3.08. The molecule has 0 spiro atoms. The number of esters is 1. The minimum Gasteiger partial charge on any atom is -0.452 e. The van der Waals surface area contributed by atoms with Crippen molar-refractivity contribution in [2.24, 2.45) is 11.8 Å². The van der Waals surface area contributed by atoms with E-state index in [1.165, 1.54) is 11.8 Å². The lowest BCUT2D eigenvalue weighted by Gasteiger charge is -2.19. The molecule has 1 aliphatic carbocycles. The first-order chi connectivity index (χ1) is 13.8. The molecule has 0 bridgehead atoms. The van der Waals surface area contributed by atoms with E-state index in [1.54, 1.807) is 25.1 Å². The van der Waals surface area contributed by atoms with Gasteiger partial charge in [-0.15, -0.1) is 0 Å². The van der Waals surface area contributed by atoms with Crippen LogP contribution in [0.1, 0.15) is 44.6 Å². The molecule has 0 radical (unpaired) electrons. The van der Waals surface area contributed by atoms with Crippen molar-refractivity contribution in [1.29, 1.82) is 0 Å². The number of hydrogen-bond donors (Lipinski definition) is 1. The number of ether oxygens (including phenoxy) is 1. The summed E-state index contributed by atoms with van der Waals surface area (Å²) in [4.78, 5) is 50.5. The molecule has 2 aliphatic rings. The zero-order valence-electron chi connectivity index (χ0n) is 16.6. The summed E-state index contributed by atoms with van der Waals surface area (Å²) < 4.78 is 5.17. The summed E-state index contributed by atoms with van der Waals surface area (Å²) in [5.41, 5.74) is 1.26. The molecule has 0 aromatic heterocycles. The van der Waals surface area contributed by atoms with Crippen LogP contribution in [0, 0.1) is 18.8 Å². The quantitative estimate of drug-likeness (QED) is 0.564. The van der Waals surface area contributed by atoms with Gasteiger partial charge in [-0.3, -0.25) is 24.1 Å². The average molecular weight is 421 g/mol. The molecule has 29 heavy (non-hydrogen) atoms. The standard InChI is InChI=1S/C21H25ClN2O5/c1-12-16(22)8-5-9-17(12)23-19(26)13(2)29-18(25)10-11-24-20(27)14-6-3-4-7-15(14)21(24)28/h5,8-9,13-15H,3-4,6-7,10-11H2,1-2H3,(H,23,26)/t13-,14-,15+/m1/s1. The molecule has 0 unspecified atom stereocenters. The number of benzene rings is 1. The van der Waals surface area contributed by atoms with Crippen LogP contribution in [0.5, 0.6) is 0 Å². The van der Waals surface area contributed by atoms with Gasteiger partial charge in [-0.2, -0.15) is 0 Å².